The number of benzene rings is 2. The Bertz CT molecular complexity index is 788. The summed E-state index contributed by atoms with van der Waals surface area (Å²) in [5.74, 6) is 0.547. The van der Waals surface area contributed by atoms with E-state index in [1.165, 1.54) is 0 Å². The lowest BCUT2D eigenvalue weighted by atomic mass is 10.1. The normalized spacial score (nSPS) is 15.6. The largest absolute Gasteiger partial charge is 0.496 e. The summed E-state index contributed by atoms with van der Waals surface area (Å²) in [4.78, 5) is 26.8. The number of methoxy groups -OCH3 is 1. The van der Waals surface area contributed by atoms with Gasteiger partial charge in [-0.3, -0.25) is 14.5 Å². The van der Waals surface area contributed by atoms with Gasteiger partial charge in [-0.1, -0.05) is 43.3 Å². The van der Waals surface area contributed by atoms with E-state index in [1.54, 1.807) is 12.0 Å². The fourth-order valence-corrected chi connectivity index (χ4v) is 3.22. The van der Waals surface area contributed by atoms with E-state index in [4.69, 9.17) is 4.74 Å². The standard InChI is InChI=1S/C20H22N2O3/c1-3-19(23)22-16-10-6-4-8-14(16)12-17(22)20(24)21-13-15-9-5-7-11-18(15)25-2/h4-11,17H,3,12-13H2,1-2H3,(H,21,24)/t17-/m0/s1. The molecule has 1 N–H and O–H groups in total. The van der Waals surface area contributed by atoms with Crippen LogP contribution in [0, 0.1) is 0 Å². The number of hydrogen-bond donors (Lipinski definition) is 1. The summed E-state index contributed by atoms with van der Waals surface area (Å²) >= 11 is 0. The van der Waals surface area contributed by atoms with Gasteiger partial charge in [-0.2, -0.15) is 0 Å². The van der Waals surface area contributed by atoms with Crippen molar-refractivity contribution >= 4 is 17.5 Å². The monoisotopic (exact) mass is 338 g/mol. The molecule has 0 aliphatic carbocycles. The number of nitrogens with one attached hydrogen (secondary N) is 1. The Morgan fingerprint density at radius 2 is 1.88 bits per heavy atom. The average molecular weight is 338 g/mol. The number of rotatable bonds is 5. The Hall–Kier alpha value is -2.82. The first-order chi connectivity index (χ1) is 12.2. The van der Waals surface area contributed by atoms with Crippen molar-refractivity contribution in [3.63, 3.8) is 0 Å². The summed E-state index contributed by atoms with van der Waals surface area (Å²) in [6.45, 7) is 2.18. The summed E-state index contributed by atoms with van der Waals surface area (Å²) in [5, 5.41) is 2.95. The molecule has 2 amide bonds. The molecular weight excluding hydrogens is 316 g/mol. The number of hydrogen-bond acceptors (Lipinski definition) is 3. The Kier molecular flexibility index (Phi) is 5.03. The second-order valence-corrected chi connectivity index (χ2v) is 6.00. The first kappa shape index (κ1) is 17.0. The van der Waals surface area contributed by atoms with E-state index in [1.807, 2.05) is 55.5 Å². The highest BCUT2D eigenvalue weighted by atomic mass is 16.5. The fourth-order valence-electron chi connectivity index (χ4n) is 3.22. The molecule has 1 heterocycles. The number of amides is 2. The van der Waals surface area contributed by atoms with Crippen LogP contribution in [0.1, 0.15) is 24.5 Å². The molecular formula is C20H22N2O3. The number of para-hydroxylation sites is 2. The van der Waals surface area contributed by atoms with Crippen molar-refractivity contribution in [3.8, 4) is 5.75 Å². The van der Waals surface area contributed by atoms with Crippen LogP contribution in [0.2, 0.25) is 0 Å². The molecule has 3 rings (SSSR count). The van der Waals surface area contributed by atoms with E-state index in [2.05, 4.69) is 5.32 Å². The molecule has 0 bridgehead atoms. The lowest BCUT2D eigenvalue weighted by molar-refractivity contribution is -0.126. The third kappa shape index (κ3) is 3.36. The topological polar surface area (TPSA) is 58.6 Å². The van der Waals surface area contributed by atoms with E-state index in [-0.39, 0.29) is 11.8 Å². The van der Waals surface area contributed by atoms with E-state index >= 15 is 0 Å². The van der Waals surface area contributed by atoms with E-state index < -0.39 is 6.04 Å². The lowest BCUT2D eigenvalue weighted by Gasteiger charge is -2.24. The highest BCUT2D eigenvalue weighted by Gasteiger charge is 2.37. The third-order valence-corrected chi connectivity index (χ3v) is 4.50. The van der Waals surface area contributed by atoms with Gasteiger partial charge < -0.3 is 10.1 Å². The zero-order valence-electron chi connectivity index (χ0n) is 14.5. The lowest BCUT2D eigenvalue weighted by Crippen LogP contribution is -2.47. The molecule has 5 heteroatoms. The number of nitrogens with zero attached hydrogens (tertiary/aromatic N) is 1. The van der Waals surface area contributed by atoms with Crippen molar-refractivity contribution in [1.29, 1.82) is 0 Å². The Labute approximate surface area is 147 Å². The Morgan fingerprint density at radius 3 is 2.64 bits per heavy atom. The van der Waals surface area contributed by atoms with Crippen molar-refractivity contribution in [2.45, 2.75) is 32.4 Å². The minimum atomic E-state index is -0.500. The minimum absolute atomic E-state index is 0.0395. The van der Waals surface area contributed by atoms with Crippen LogP contribution in [0.25, 0.3) is 0 Å². The third-order valence-electron chi connectivity index (χ3n) is 4.50. The van der Waals surface area contributed by atoms with Gasteiger partial charge in [0.05, 0.1) is 7.11 Å². The molecule has 1 aliphatic rings. The zero-order valence-corrected chi connectivity index (χ0v) is 14.5. The van der Waals surface area contributed by atoms with Crippen LogP contribution in [-0.2, 0) is 22.6 Å². The van der Waals surface area contributed by atoms with Gasteiger partial charge in [-0.15, -0.1) is 0 Å². The second kappa shape index (κ2) is 7.38. The molecule has 1 aliphatic heterocycles. The molecule has 0 saturated carbocycles. The van der Waals surface area contributed by atoms with Gasteiger partial charge in [-0.05, 0) is 17.7 Å². The molecule has 0 saturated heterocycles. The second-order valence-electron chi connectivity index (χ2n) is 6.00. The number of anilines is 1. The maximum Gasteiger partial charge on any atom is 0.243 e. The van der Waals surface area contributed by atoms with Crippen LogP contribution in [-0.4, -0.2) is 25.0 Å². The van der Waals surface area contributed by atoms with E-state index in [0.717, 1.165) is 22.6 Å². The Morgan fingerprint density at radius 1 is 1.16 bits per heavy atom. The van der Waals surface area contributed by atoms with Crippen LogP contribution in [0.4, 0.5) is 5.69 Å². The van der Waals surface area contributed by atoms with Crippen LogP contribution >= 0.6 is 0 Å². The summed E-state index contributed by atoms with van der Waals surface area (Å²) < 4.78 is 5.31. The highest BCUT2D eigenvalue weighted by molar-refractivity contribution is 6.03. The van der Waals surface area contributed by atoms with Crippen molar-refractivity contribution in [2.24, 2.45) is 0 Å². The average Bonchev–Trinajstić information content (AvgIpc) is 3.05. The fraction of sp³-hybridized carbons (Fsp3) is 0.300. The first-order valence-electron chi connectivity index (χ1n) is 8.45. The van der Waals surface area contributed by atoms with Crippen molar-refractivity contribution in [3.05, 3.63) is 59.7 Å². The Balaban J connectivity index is 1.76. The minimum Gasteiger partial charge on any atom is -0.496 e. The summed E-state index contributed by atoms with van der Waals surface area (Å²) in [6.07, 6.45) is 0.907. The molecule has 130 valence electrons. The van der Waals surface area contributed by atoms with Gasteiger partial charge in [0, 0.05) is 30.6 Å². The van der Waals surface area contributed by atoms with Gasteiger partial charge in [0.25, 0.3) is 0 Å². The number of ether oxygens (including phenoxy) is 1. The maximum atomic E-state index is 12.8. The molecule has 2 aromatic rings. The molecule has 1 atom stereocenters. The van der Waals surface area contributed by atoms with Crippen molar-refractivity contribution < 1.29 is 14.3 Å². The van der Waals surface area contributed by atoms with Gasteiger partial charge in [0.2, 0.25) is 11.8 Å². The SMILES string of the molecule is CCC(=O)N1c2ccccc2C[C@H]1C(=O)NCc1ccccc1OC. The van der Waals surface area contributed by atoms with Crippen LogP contribution in [0.5, 0.6) is 5.75 Å². The molecule has 0 radical (unpaired) electrons. The van der Waals surface area contributed by atoms with E-state index in [9.17, 15) is 9.59 Å². The van der Waals surface area contributed by atoms with Gasteiger partial charge >= 0.3 is 0 Å². The van der Waals surface area contributed by atoms with Crippen LogP contribution < -0.4 is 15.0 Å². The highest BCUT2D eigenvalue weighted by Crippen LogP contribution is 2.32. The predicted octanol–water partition coefficient (Wildman–Crippen LogP) is 2.68. The summed E-state index contributed by atoms with van der Waals surface area (Å²) in [7, 11) is 1.61. The summed E-state index contributed by atoms with van der Waals surface area (Å²) in [5.41, 5.74) is 2.77. The van der Waals surface area contributed by atoms with Gasteiger partial charge in [0.15, 0.2) is 0 Å². The maximum absolute atomic E-state index is 12.8. The molecule has 0 unspecified atom stereocenters. The smallest absolute Gasteiger partial charge is 0.243 e. The molecule has 0 fully saturated rings. The quantitative estimate of drug-likeness (QED) is 0.912. The number of carbonyl (C=O) groups excluding carboxylic acids is 2. The van der Waals surface area contributed by atoms with Crippen LogP contribution in [0.15, 0.2) is 48.5 Å². The molecule has 25 heavy (non-hydrogen) atoms. The summed E-state index contributed by atoms with van der Waals surface area (Å²) in [6, 6.07) is 14.8. The van der Waals surface area contributed by atoms with Crippen molar-refractivity contribution in [1.82, 2.24) is 5.32 Å². The van der Waals surface area contributed by atoms with Crippen molar-refractivity contribution in [2.75, 3.05) is 12.0 Å². The van der Waals surface area contributed by atoms with Crippen LogP contribution in [0.3, 0.4) is 0 Å². The van der Waals surface area contributed by atoms with E-state index in [0.29, 0.717) is 19.4 Å². The first-order valence-corrected chi connectivity index (χ1v) is 8.45. The predicted molar refractivity (Wildman–Crippen MR) is 96.6 cm³/mol. The zero-order chi connectivity index (χ0) is 17.8. The number of fused-ring (bicyclic) bond motifs is 1. The molecule has 5 nitrogen and oxygen atoms in total. The van der Waals surface area contributed by atoms with Gasteiger partial charge in [-0.25, -0.2) is 0 Å². The molecule has 0 aromatic heterocycles. The molecule has 0 spiro atoms. The number of carbonyl (C=O) groups is 2. The van der Waals surface area contributed by atoms with Gasteiger partial charge in [0.1, 0.15) is 11.8 Å². The molecule has 2 aromatic carbocycles.